The van der Waals surface area contributed by atoms with Crippen LogP contribution in [0.4, 0.5) is 4.39 Å². The largest absolute Gasteiger partial charge is 0.496 e. The van der Waals surface area contributed by atoms with Gasteiger partial charge in [-0.2, -0.15) is 0 Å². The summed E-state index contributed by atoms with van der Waals surface area (Å²) in [4.78, 5) is 0. The molecule has 1 aliphatic rings. The van der Waals surface area contributed by atoms with Crippen LogP contribution in [0.15, 0.2) is 12.1 Å². The molecule has 3 heteroatoms. The van der Waals surface area contributed by atoms with Gasteiger partial charge in [0, 0.05) is 23.6 Å². The Labute approximate surface area is 108 Å². The molecule has 0 aromatic heterocycles. The summed E-state index contributed by atoms with van der Waals surface area (Å²) in [6, 6.07) is 3.48. The van der Waals surface area contributed by atoms with Crippen molar-refractivity contribution in [1.82, 2.24) is 0 Å². The minimum absolute atomic E-state index is 0.00266. The van der Waals surface area contributed by atoms with Crippen molar-refractivity contribution in [3.8, 4) is 5.75 Å². The van der Waals surface area contributed by atoms with E-state index in [0.29, 0.717) is 12.3 Å². The molecule has 0 bridgehead atoms. The Kier molecular flexibility index (Phi) is 3.62. The van der Waals surface area contributed by atoms with Gasteiger partial charge >= 0.3 is 0 Å². The van der Waals surface area contributed by atoms with Gasteiger partial charge < -0.3 is 10.5 Å². The average molecular weight is 251 g/mol. The Morgan fingerprint density at radius 3 is 2.44 bits per heavy atom. The summed E-state index contributed by atoms with van der Waals surface area (Å²) in [6.07, 6.45) is 3.33. The molecule has 0 aliphatic heterocycles. The molecule has 0 saturated heterocycles. The van der Waals surface area contributed by atoms with Gasteiger partial charge in [-0.3, -0.25) is 0 Å². The molecule has 0 unspecified atom stereocenters. The molecule has 2 rings (SSSR count). The van der Waals surface area contributed by atoms with E-state index in [2.05, 4.69) is 0 Å². The minimum Gasteiger partial charge on any atom is -0.496 e. The van der Waals surface area contributed by atoms with Crippen LogP contribution in [0.5, 0.6) is 5.75 Å². The zero-order chi connectivity index (χ0) is 13.3. The number of rotatable bonds is 4. The first-order valence-corrected chi connectivity index (χ1v) is 6.62. The van der Waals surface area contributed by atoms with Gasteiger partial charge in [0.2, 0.25) is 0 Å². The lowest BCUT2D eigenvalue weighted by molar-refractivity contribution is 0.242. The van der Waals surface area contributed by atoms with Gasteiger partial charge in [0.05, 0.1) is 7.11 Å². The van der Waals surface area contributed by atoms with E-state index in [0.717, 1.165) is 24.0 Å². The number of halogens is 1. The van der Waals surface area contributed by atoms with Crippen LogP contribution in [0.3, 0.4) is 0 Å². The summed E-state index contributed by atoms with van der Waals surface area (Å²) in [6.45, 7) is 4.61. The maximum atomic E-state index is 14.0. The lowest BCUT2D eigenvalue weighted by Gasteiger charge is -2.42. The first kappa shape index (κ1) is 13.3. The molecule has 1 aromatic carbocycles. The van der Waals surface area contributed by atoms with E-state index in [1.807, 2.05) is 19.9 Å². The number of hydrogen-bond acceptors (Lipinski definition) is 2. The number of methoxy groups -OCH3 is 1. The van der Waals surface area contributed by atoms with E-state index in [4.69, 9.17) is 10.5 Å². The molecule has 2 nitrogen and oxygen atoms in total. The van der Waals surface area contributed by atoms with Crippen molar-refractivity contribution in [2.45, 2.75) is 44.4 Å². The average Bonchev–Trinajstić information content (AvgIpc) is 2.29. The summed E-state index contributed by atoms with van der Waals surface area (Å²) in [5.41, 5.74) is 7.78. The van der Waals surface area contributed by atoms with Gasteiger partial charge in [-0.25, -0.2) is 4.39 Å². The monoisotopic (exact) mass is 251 g/mol. The van der Waals surface area contributed by atoms with Crippen LogP contribution >= 0.6 is 0 Å². The second-order valence-electron chi connectivity index (χ2n) is 5.57. The summed E-state index contributed by atoms with van der Waals surface area (Å²) in [5, 5.41) is 0. The molecule has 2 N–H and O–H groups in total. The third kappa shape index (κ3) is 2.01. The van der Waals surface area contributed by atoms with Gasteiger partial charge in [0.1, 0.15) is 11.6 Å². The van der Waals surface area contributed by atoms with Crippen LogP contribution < -0.4 is 10.5 Å². The molecule has 100 valence electrons. The summed E-state index contributed by atoms with van der Waals surface area (Å²) in [5.74, 6) is 0.628. The number of benzene rings is 1. The smallest absolute Gasteiger partial charge is 0.130 e. The number of ether oxygens (including phenoxy) is 1. The Hall–Kier alpha value is -1.09. The summed E-state index contributed by atoms with van der Waals surface area (Å²) >= 11 is 0. The highest BCUT2D eigenvalue weighted by molar-refractivity contribution is 5.45. The molecule has 0 atom stereocenters. The van der Waals surface area contributed by atoms with E-state index in [1.165, 1.54) is 12.5 Å². The molecule has 1 aromatic rings. The van der Waals surface area contributed by atoms with Crippen LogP contribution in [-0.4, -0.2) is 13.7 Å². The van der Waals surface area contributed by atoms with Crippen LogP contribution in [0, 0.1) is 5.82 Å². The third-order valence-electron chi connectivity index (χ3n) is 4.21. The van der Waals surface area contributed by atoms with Crippen LogP contribution in [0.25, 0.3) is 0 Å². The normalized spacial score (nSPS) is 17.7. The maximum absolute atomic E-state index is 14.0. The molecule has 0 spiro atoms. The van der Waals surface area contributed by atoms with Gasteiger partial charge in [0.25, 0.3) is 0 Å². The highest BCUT2D eigenvalue weighted by Gasteiger charge is 2.40. The van der Waals surface area contributed by atoms with Gasteiger partial charge in [-0.1, -0.05) is 20.3 Å². The summed E-state index contributed by atoms with van der Waals surface area (Å²) in [7, 11) is 1.59. The zero-order valence-electron chi connectivity index (χ0n) is 11.4. The molecule has 1 saturated carbocycles. The van der Waals surface area contributed by atoms with Crippen molar-refractivity contribution in [2.24, 2.45) is 5.73 Å². The molecule has 0 amide bonds. The van der Waals surface area contributed by atoms with Crippen molar-refractivity contribution in [3.63, 3.8) is 0 Å². The molecular weight excluding hydrogens is 229 g/mol. The predicted molar refractivity (Wildman–Crippen MR) is 71.6 cm³/mol. The second-order valence-corrected chi connectivity index (χ2v) is 5.57. The standard InChI is InChI=1S/C15H22FNO/c1-10(2)11-7-12(14(18-3)8-13(11)16)15(9-17)5-4-6-15/h7-8,10H,4-6,9,17H2,1-3H3. The Morgan fingerprint density at radius 2 is 2.06 bits per heavy atom. The molecule has 0 radical (unpaired) electrons. The predicted octanol–water partition coefficient (Wildman–Crippen LogP) is 3.34. The fourth-order valence-electron chi connectivity index (χ4n) is 2.78. The molecule has 18 heavy (non-hydrogen) atoms. The van der Waals surface area contributed by atoms with Gasteiger partial charge in [0.15, 0.2) is 0 Å². The van der Waals surface area contributed by atoms with Gasteiger partial charge in [-0.05, 0) is 30.4 Å². The van der Waals surface area contributed by atoms with Crippen LogP contribution in [0.2, 0.25) is 0 Å². The molecule has 0 heterocycles. The highest BCUT2D eigenvalue weighted by Crippen LogP contribution is 2.47. The van der Waals surface area contributed by atoms with Crippen LogP contribution in [-0.2, 0) is 5.41 Å². The van der Waals surface area contributed by atoms with E-state index < -0.39 is 0 Å². The quantitative estimate of drug-likeness (QED) is 0.890. The lowest BCUT2D eigenvalue weighted by atomic mass is 9.64. The zero-order valence-corrected chi connectivity index (χ0v) is 11.4. The first-order chi connectivity index (χ1) is 8.54. The Morgan fingerprint density at radius 1 is 1.39 bits per heavy atom. The first-order valence-electron chi connectivity index (χ1n) is 6.62. The summed E-state index contributed by atoms with van der Waals surface area (Å²) < 4.78 is 19.3. The van der Waals surface area contributed by atoms with Gasteiger partial charge in [-0.15, -0.1) is 0 Å². The maximum Gasteiger partial charge on any atom is 0.130 e. The van der Waals surface area contributed by atoms with E-state index in [9.17, 15) is 4.39 Å². The van der Waals surface area contributed by atoms with Crippen molar-refractivity contribution >= 4 is 0 Å². The molecule has 1 aliphatic carbocycles. The van der Waals surface area contributed by atoms with E-state index in [1.54, 1.807) is 7.11 Å². The topological polar surface area (TPSA) is 35.2 Å². The Bertz CT molecular complexity index is 433. The lowest BCUT2D eigenvalue weighted by Crippen LogP contribution is -2.42. The van der Waals surface area contributed by atoms with Crippen molar-refractivity contribution in [1.29, 1.82) is 0 Å². The van der Waals surface area contributed by atoms with E-state index >= 15 is 0 Å². The third-order valence-corrected chi connectivity index (χ3v) is 4.21. The molecule has 1 fully saturated rings. The SMILES string of the molecule is COc1cc(F)c(C(C)C)cc1C1(CN)CCC1. The second kappa shape index (κ2) is 4.88. The number of nitrogens with two attached hydrogens (primary N) is 1. The van der Waals surface area contributed by atoms with Crippen molar-refractivity contribution < 1.29 is 9.13 Å². The minimum atomic E-state index is -0.183. The number of hydrogen-bond donors (Lipinski definition) is 1. The highest BCUT2D eigenvalue weighted by atomic mass is 19.1. The fourth-order valence-corrected chi connectivity index (χ4v) is 2.78. The molecular formula is C15H22FNO. The van der Waals surface area contributed by atoms with E-state index in [-0.39, 0.29) is 17.2 Å². The van der Waals surface area contributed by atoms with Crippen molar-refractivity contribution in [3.05, 3.63) is 29.1 Å². The van der Waals surface area contributed by atoms with Crippen LogP contribution in [0.1, 0.15) is 50.2 Å². The fraction of sp³-hybridized carbons (Fsp3) is 0.600. The van der Waals surface area contributed by atoms with Crippen molar-refractivity contribution in [2.75, 3.05) is 13.7 Å². The Balaban J connectivity index is 2.53.